The van der Waals surface area contributed by atoms with Crippen molar-refractivity contribution < 1.29 is 5.11 Å². The average Bonchev–Trinajstić information content (AvgIpc) is 2.19. The van der Waals surface area contributed by atoms with Gasteiger partial charge >= 0.3 is 0 Å². The van der Waals surface area contributed by atoms with Crippen LogP contribution in [0.4, 0.5) is 0 Å². The van der Waals surface area contributed by atoms with Gasteiger partial charge < -0.3 is 10.8 Å². The van der Waals surface area contributed by atoms with Crippen molar-refractivity contribution in [2.75, 3.05) is 6.61 Å². The Bertz CT molecular complexity index is 258. The minimum absolute atomic E-state index is 0.0394. The highest BCUT2D eigenvalue weighted by molar-refractivity contribution is 5.21. The predicted molar refractivity (Wildman–Crippen MR) is 59.1 cm³/mol. The lowest BCUT2D eigenvalue weighted by Gasteiger charge is -2.26. The summed E-state index contributed by atoms with van der Waals surface area (Å²) in [5.74, 6) is 0.681. The molecule has 1 aromatic carbocycles. The van der Waals surface area contributed by atoms with Crippen LogP contribution in [0.15, 0.2) is 30.3 Å². The molecule has 1 aromatic rings. The molecule has 0 aliphatic carbocycles. The van der Waals surface area contributed by atoms with Gasteiger partial charge in [0.15, 0.2) is 0 Å². The molecule has 2 atom stereocenters. The van der Waals surface area contributed by atoms with Crippen LogP contribution >= 0.6 is 0 Å². The quantitative estimate of drug-likeness (QED) is 0.765. The van der Waals surface area contributed by atoms with Crippen LogP contribution in [-0.4, -0.2) is 17.8 Å². The smallest absolute Gasteiger partial charge is 0.0588 e. The molecule has 1 rings (SSSR count). The number of aliphatic hydroxyl groups is 1. The minimum Gasteiger partial charge on any atom is -0.395 e. The first kappa shape index (κ1) is 11.2. The molecule has 0 amide bonds. The number of rotatable bonds is 4. The van der Waals surface area contributed by atoms with Gasteiger partial charge in [0.05, 0.1) is 6.61 Å². The number of hydrogen-bond donors (Lipinski definition) is 2. The Hall–Kier alpha value is -0.860. The van der Waals surface area contributed by atoms with E-state index in [-0.39, 0.29) is 18.6 Å². The zero-order chi connectivity index (χ0) is 10.6. The molecular formula is C12H19NO. The van der Waals surface area contributed by atoms with E-state index in [1.165, 1.54) is 5.56 Å². The van der Waals surface area contributed by atoms with Gasteiger partial charge in [0.1, 0.15) is 0 Å². The van der Waals surface area contributed by atoms with Crippen molar-refractivity contribution in [1.82, 2.24) is 0 Å². The maximum absolute atomic E-state index is 9.09. The topological polar surface area (TPSA) is 46.2 Å². The van der Waals surface area contributed by atoms with Crippen LogP contribution in [0, 0.1) is 5.92 Å². The van der Waals surface area contributed by atoms with Gasteiger partial charge in [0.2, 0.25) is 0 Å². The molecule has 14 heavy (non-hydrogen) atoms. The van der Waals surface area contributed by atoms with Crippen LogP contribution in [0.3, 0.4) is 0 Å². The molecule has 0 aliphatic heterocycles. The van der Waals surface area contributed by atoms with Crippen LogP contribution in [-0.2, 0) is 0 Å². The Morgan fingerprint density at radius 1 is 1.21 bits per heavy atom. The fraction of sp³-hybridized carbons (Fsp3) is 0.500. The van der Waals surface area contributed by atoms with Gasteiger partial charge in [0.25, 0.3) is 0 Å². The maximum atomic E-state index is 9.09. The molecule has 0 fully saturated rings. The number of benzene rings is 1. The SMILES string of the molecule is CC(C)C(c1ccccc1)C(N)CO. The van der Waals surface area contributed by atoms with Crippen molar-refractivity contribution in [2.45, 2.75) is 25.8 Å². The van der Waals surface area contributed by atoms with Crippen LogP contribution in [0.1, 0.15) is 25.3 Å². The summed E-state index contributed by atoms with van der Waals surface area (Å²) in [6.45, 7) is 4.30. The van der Waals surface area contributed by atoms with Crippen LogP contribution in [0.25, 0.3) is 0 Å². The molecule has 0 saturated carbocycles. The standard InChI is InChI=1S/C12H19NO/c1-9(2)12(11(13)8-14)10-6-4-3-5-7-10/h3-7,9,11-12,14H,8,13H2,1-2H3. The normalized spacial score (nSPS) is 15.5. The van der Waals surface area contributed by atoms with Crippen LogP contribution in [0.5, 0.6) is 0 Å². The number of aliphatic hydroxyl groups excluding tert-OH is 1. The van der Waals surface area contributed by atoms with Crippen molar-refractivity contribution >= 4 is 0 Å². The Morgan fingerprint density at radius 3 is 2.21 bits per heavy atom. The number of hydrogen-bond acceptors (Lipinski definition) is 2. The molecule has 78 valence electrons. The summed E-state index contributed by atoms with van der Waals surface area (Å²) < 4.78 is 0. The molecule has 0 heterocycles. The monoisotopic (exact) mass is 193 g/mol. The van der Waals surface area contributed by atoms with Gasteiger partial charge in [-0.25, -0.2) is 0 Å². The van der Waals surface area contributed by atoms with E-state index in [1.807, 2.05) is 18.2 Å². The highest BCUT2D eigenvalue weighted by Gasteiger charge is 2.22. The summed E-state index contributed by atoms with van der Waals surface area (Å²) in [6.07, 6.45) is 0. The van der Waals surface area contributed by atoms with E-state index in [2.05, 4.69) is 26.0 Å². The summed E-state index contributed by atoms with van der Waals surface area (Å²) in [7, 11) is 0. The Labute approximate surface area is 85.8 Å². The number of nitrogens with two attached hydrogens (primary N) is 1. The fourth-order valence-electron chi connectivity index (χ4n) is 1.92. The Morgan fingerprint density at radius 2 is 1.79 bits per heavy atom. The van der Waals surface area contributed by atoms with Crippen molar-refractivity contribution in [1.29, 1.82) is 0 Å². The van der Waals surface area contributed by atoms with Gasteiger partial charge in [-0.05, 0) is 11.5 Å². The molecule has 0 radical (unpaired) electrons. The van der Waals surface area contributed by atoms with Gasteiger partial charge in [-0.1, -0.05) is 44.2 Å². The zero-order valence-corrected chi connectivity index (χ0v) is 8.85. The summed E-state index contributed by atoms with van der Waals surface area (Å²) in [6, 6.07) is 9.98. The molecule has 0 bridgehead atoms. The first-order valence-electron chi connectivity index (χ1n) is 5.08. The molecule has 0 aliphatic rings. The lowest BCUT2D eigenvalue weighted by molar-refractivity contribution is 0.232. The van der Waals surface area contributed by atoms with E-state index < -0.39 is 0 Å². The molecule has 2 unspecified atom stereocenters. The predicted octanol–water partition coefficient (Wildman–Crippen LogP) is 1.75. The minimum atomic E-state index is -0.169. The zero-order valence-electron chi connectivity index (χ0n) is 8.85. The lowest BCUT2D eigenvalue weighted by atomic mass is 9.83. The first-order chi connectivity index (χ1) is 6.66. The van der Waals surface area contributed by atoms with Gasteiger partial charge in [0, 0.05) is 12.0 Å². The highest BCUT2D eigenvalue weighted by atomic mass is 16.3. The molecule has 0 saturated heterocycles. The fourth-order valence-corrected chi connectivity index (χ4v) is 1.92. The second-order valence-corrected chi connectivity index (χ2v) is 4.03. The maximum Gasteiger partial charge on any atom is 0.0588 e. The molecule has 2 nitrogen and oxygen atoms in total. The van der Waals surface area contributed by atoms with Crippen molar-refractivity contribution in [3.05, 3.63) is 35.9 Å². The highest BCUT2D eigenvalue weighted by Crippen LogP contribution is 2.26. The van der Waals surface area contributed by atoms with E-state index in [0.29, 0.717) is 5.92 Å². The summed E-state index contributed by atoms with van der Waals surface area (Å²) in [5, 5.41) is 9.09. The molecule has 2 heteroatoms. The molecule has 0 spiro atoms. The van der Waals surface area contributed by atoms with Crippen molar-refractivity contribution in [3.8, 4) is 0 Å². The lowest BCUT2D eigenvalue weighted by Crippen LogP contribution is -2.34. The summed E-state index contributed by atoms with van der Waals surface area (Å²) in [4.78, 5) is 0. The second-order valence-electron chi connectivity index (χ2n) is 4.03. The van der Waals surface area contributed by atoms with Gasteiger partial charge in [-0.3, -0.25) is 0 Å². The third-order valence-corrected chi connectivity index (χ3v) is 2.57. The van der Waals surface area contributed by atoms with E-state index in [4.69, 9.17) is 10.8 Å². The third-order valence-electron chi connectivity index (χ3n) is 2.57. The van der Waals surface area contributed by atoms with Crippen LogP contribution in [0.2, 0.25) is 0 Å². The second kappa shape index (κ2) is 5.13. The van der Waals surface area contributed by atoms with Gasteiger partial charge in [-0.2, -0.15) is 0 Å². The summed E-state index contributed by atoms with van der Waals surface area (Å²) >= 11 is 0. The van der Waals surface area contributed by atoms with E-state index in [1.54, 1.807) is 0 Å². The van der Waals surface area contributed by atoms with E-state index in [9.17, 15) is 0 Å². The first-order valence-corrected chi connectivity index (χ1v) is 5.08. The average molecular weight is 193 g/mol. The van der Waals surface area contributed by atoms with E-state index in [0.717, 1.165) is 0 Å². The van der Waals surface area contributed by atoms with Crippen molar-refractivity contribution in [3.63, 3.8) is 0 Å². The molecule has 0 aromatic heterocycles. The Kier molecular flexibility index (Phi) is 4.11. The van der Waals surface area contributed by atoms with Crippen molar-refractivity contribution in [2.24, 2.45) is 11.7 Å². The third kappa shape index (κ3) is 2.56. The van der Waals surface area contributed by atoms with Crippen LogP contribution < -0.4 is 5.73 Å². The Balaban J connectivity index is 2.89. The summed E-state index contributed by atoms with van der Waals surface area (Å²) in [5.41, 5.74) is 7.11. The largest absolute Gasteiger partial charge is 0.395 e. The van der Waals surface area contributed by atoms with Gasteiger partial charge in [-0.15, -0.1) is 0 Å². The molecular weight excluding hydrogens is 174 g/mol. The van der Waals surface area contributed by atoms with E-state index >= 15 is 0 Å². The molecule has 3 N–H and O–H groups in total.